The molecule has 3 nitrogen and oxygen atoms in total. The summed E-state index contributed by atoms with van der Waals surface area (Å²) in [7, 11) is 0. The van der Waals surface area contributed by atoms with Crippen molar-refractivity contribution in [2.75, 3.05) is 0 Å². The van der Waals surface area contributed by atoms with Gasteiger partial charge in [0.2, 0.25) is 11.1 Å². The highest BCUT2D eigenvalue weighted by atomic mass is 35.5. The van der Waals surface area contributed by atoms with Gasteiger partial charge in [-0.15, -0.1) is 0 Å². The van der Waals surface area contributed by atoms with Crippen LogP contribution in [0.15, 0.2) is 36.5 Å². The lowest BCUT2D eigenvalue weighted by molar-refractivity contribution is 0.276. The Morgan fingerprint density at radius 3 is 2.75 bits per heavy atom. The van der Waals surface area contributed by atoms with Gasteiger partial charge in [-0.1, -0.05) is 30.3 Å². The highest BCUT2D eigenvalue weighted by Gasteiger charge is 2.06. The molecule has 82 valence electrons. The zero-order valence-electron chi connectivity index (χ0n) is 8.23. The highest BCUT2D eigenvalue weighted by Crippen LogP contribution is 2.15. The van der Waals surface area contributed by atoms with Gasteiger partial charge < -0.3 is 4.74 Å². The SMILES string of the molecule is Fc1cnc(Cl)nc1OCc1ccccc1. The molecule has 0 aliphatic heterocycles. The molecule has 0 saturated carbocycles. The lowest BCUT2D eigenvalue weighted by Crippen LogP contribution is -2.00. The lowest BCUT2D eigenvalue weighted by atomic mass is 10.2. The van der Waals surface area contributed by atoms with E-state index in [1.54, 1.807) is 0 Å². The Kier molecular flexibility index (Phi) is 3.31. The van der Waals surface area contributed by atoms with Crippen LogP contribution >= 0.6 is 11.6 Å². The molecule has 0 saturated heterocycles. The Balaban J connectivity index is 2.08. The van der Waals surface area contributed by atoms with Crippen LogP contribution in [0.25, 0.3) is 0 Å². The van der Waals surface area contributed by atoms with Gasteiger partial charge in [-0.05, 0) is 17.2 Å². The van der Waals surface area contributed by atoms with Crippen molar-refractivity contribution >= 4 is 11.6 Å². The number of halogens is 2. The Bertz CT molecular complexity index is 479. The molecule has 0 fully saturated rings. The van der Waals surface area contributed by atoms with E-state index in [9.17, 15) is 4.39 Å². The van der Waals surface area contributed by atoms with Crippen LogP contribution in [0.3, 0.4) is 0 Å². The van der Waals surface area contributed by atoms with Crippen LogP contribution in [-0.4, -0.2) is 9.97 Å². The molecule has 0 aliphatic rings. The molecule has 0 atom stereocenters. The maximum atomic E-state index is 13.2. The first-order chi connectivity index (χ1) is 7.75. The Morgan fingerprint density at radius 2 is 2.00 bits per heavy atom. The lowest BCUT2D eigenvalue weighted by Gasteiger charge is -2.05. The summed E-state index contributed by atoms with van der Waals surface area (Å²) in [5.74, 6) is -0.760. The van der Waals surface area contributed by atoms with Crippen molar-refractivity contribution in [3.63, 3.8) is 0 Å². The number of rotatable bonds is 3. The van der Waals surface area contributed by atoms with Gasteiger partial charge >= 0.3 is 0 Å². The molecule has 1 aromatic heterocycles. The number of hydrogen-bond donors (Lipinski definition) is 0. The number of ether oxygens (including phenoxy) is 1. The third kappa shape index (κ3) is 2.67. The largest absolute Gasteiger partial charge is 0.471 e. The van der Waals surface area contributed by atoms with Crippen LogP contribution in [-0.2, 0) is 6.61 Å². The van der Waals surface area contributed by atoms with E-state index in [2.05, 4.69) is 9.97 Å². The molecule has 5 heteroatoms. The first kappa shape index (κ1) is 10.8. The van der Waals surface area contributed by atoms with E-state index in [1.165, 1.54) is 0 Å². The third-order valence-corrected chi connectivity index (χ3v) is 2.08. The fourth-order valence-corrected chi connectivity index (χ4v) is 1.28. The average molecular weight is 239 g/mol. The molecule has 2 rings (SSSR count). The topological polar surface area (TPSA) is 35.0 Å². The van der Waals surface area contributed by atoms with Crippen molar-refractivity contribution in [1.29, 1.82) is 0 Å². The van der Waals surface area contributed by atoms with Crippen LogP contribution in [0.2, 0.25) is 5.28 Å². The first-order valence-corrected chi connectivity index (χ1v) is 4.98. The highest BCUT2D eigenvalue weighted by molar-refractivity contribution is 6.28. The Labute approximate surface area is 96.9 Å². The van der Waals surface area contributed by atoms with E-state index in [0.717, 1.165) is 11.8 Å². The summed E-state index contributed by atoms with van der Waals surface area (Å²) in [5.41, 5.74) is 0.927. The molecule has 0 aliphatic carbocycles. The van der Waals surface area contributed by atoms with Crippen molar-refractivity contribution in [2.24, 2.45) is 0 Å². The summed E-state index contributed by atoms with van der Waals surface area (Å²) in [6.45, 7) is 0.241. The van der Waals surface area contributed by atoms with E-state index < -0.39 is 5.82 Å². The molecule has 0 N–H and O–H groups in total. The van der Waals surface area contributed by atoms with Gasteiger partial charge in [-0.25, -0.2) is 4.98 Å². The minimum absolute atomic E-state index is 0.0375. The molecular weight excluding hydrogens is 231 g/mol. The zero-order chi connectivity index (χ0) is 11.4. The molecule has 2 aromatic rings. The van der Waals surface area contributed by atoms with Crippen LogP contribution in [0, 0.1) is 5.82 Å². The maximum Gasteiger partial charge on any atom is 0.255 e. The van der Waals surface area contributed by atoms with E-state index in [1.807, 2.05) is 30.3 Å². The van der Waals surface area contributed by atoms with Crippen LogP contribution in [0.5, 0.6) is 5.88 Å². The van der Waals surface area contributed by atoms with Gasteiger partial charge in [-0.2, -0.15) is 9.37 Å². The summed E-state index contributed by atoms with van der Waals surface area (Å²) in [6, 6.07) is 9.40. The van der Waals surface area contributed by atoms with Crippen LogP contribution < -0.4 is 4.74 Å². The second kappa shape index (κ2) is 4.90. The smallest absolute Gasteiger partial charge is 0.255 e. The molecule has 0 bridgehead atoms. The monoisotopic (exact) mass is 238 g/mol. The normalized spacial score (nSPS) is 10.1. The quantitative estimate of drug-likeness (QED) is 0.772. The first-order valence-electron chi connectivity index (χ1n) is 4.60. The molecule has 0 amide bonds. The number of nitrogens with zero attached hydrogens (tertiary/aromatic N) is 2. The zero-order valence-corrected chi connectivity index (χ0v) is 8.99. The van der Waals surface area contributed by atoms with Gasteiger partial charge in [0.15, 0.2) is 0 Å². The van der Waals surface area contributed by atoms with Crippen molar-refractivity contribution in [1.82, 2.24) is 9.97 Å². The summed E-state index contributed by atoms with van der Waals surface area (Å²) < 4.78 is 18.4. The van der Waals surface area contributed by atoms with Gasteiger partial charge in [-0.3, -0.25) is 0 Å². The summed E-state index contributed by atoms with van der Waals surface area (Å²) in [5, 5.41) is -0.0375. The van der Waals surface area contributed by atoms with E-state index in [-0.39, 0.29) is 17.8 Å². The maximum absolute atomic E-state index is 13.2. The fourth-order valence-electron chi connectivity index (χ4n) is 1.16. The van der Waals surface area contributed by atoms with E-state index in [4.69, 9.17) is 16.3 Å². The predicted octanol–water partition coefficient (Wildman–Crippen LogP) is 2.85. The van der Waals surface area contributed by atoms with Gasteiger partial charge in [0.25, 0.3) is 5.88 Å². The molecular formula is C11H8ClFN2O. The summed E-state index contributed by atoms with van der Waals surface area (Å²) in [4.78, 5) is 7.14. The van der Waals surface area contributed by atoms with Crippen molar-refractivity contribution < 1.29 is 9.13 Å². The fraction of sp³-hybridized carbons (Fsp3) is 0.0909. The van der Waals surface area contributed by atoms with Crippen molar-refractivity contribution in [2.45, 2.75) is 6.61 Å². The van der Waals surface area contributed by atoms with E-state index in [0.29, 0.717) is 0 Å². The standard InChI is InChI=1S/C11H8ClFN2O/c12-11-14-6-9(13)10(15-11)16-7-8-4-2-1-3-5-8/h1-6H,7H2. The number of benzene rings is 1. The molecule has 1 heterocycles. The molecule has 1 aromatic carbocycles. The van der Waals surface area contributed by atoms with Gasteiger partial charge in [0, 0.05) is 0 Å². The molecule has 0 radical (unpaired) electrons. The number of aromatic nitrogens is 2. The third-order valence-electron chi connectivity index (χ3n) is 1.90. The van der Waals surface area contributed by atoms with Gasteiger partial charge in [0.1, 0.15) is 6.61 Å². The second-order valence-electron chi connectivity index (χ2n) is 3.07. The average Bonchev–Trinajstić information content (AvgIpc) is 2.32. The minimum atomic E-state index is -0.625. The molecule has 0 spiro atoms. The Morgan fingerprint density at radius 1 is 1.25 bits per heavy atom. The predicted molar refractivity (Wildman–Crippen MR) is 57.8 cm³/mol. The summed E-state index contributed by atoms with van der Waals surface area (Å²) in [6.07, 6.45) is 0.982. The summed E-state index contributed by atoms with van der Waals surface area (Å²) >= 11 is 5.53. The molecule has 0 unspecified atom stereocenters. The van der Waals surface area contributed by atoms with Gasteiger partial charge in [0.05, 0.1) is 6.20 Å². The number of hydrogen-bond acceptors (Lipinski definition) is 3. The van der Waals surface area contributed by atoms with Crippen molar-refractivity contribution in [3.8, 4) is 5.88 Å². The molecule has 16 heavy (non-hydrogen) atoms. The van der Waals surface area contributed by atoms with E-state index >= 15 is 0 Å². The van der Waals surface area contributed by atoms with Crippen LogP contribution in [0.1, 0.15) is 5.56 Å². The Hall–Kier alpha value is -1.68. The van der Waals surface area contributed by atoms with Crippen LogP contribution in [0.4, 0.5) is 4.39 Å². The van der Waals surface area contributed by atoms with Crippen molar-refractivity contribution in [3.05, 3.63) is 53.2 Å². The minimum Gasteiger partial charge on any atom is -0.471 e. The second-order valence-corrected chi connectivity index (χ2v) is 3.40.